The molecule has 1 unspecified atom stereocenters. The highest BCUT2D eigenvalue weighted by atomic mass is 35.5. The van der Waals surface area contributed by atoms with Gasteiger partial charge in [-0.2, -0.15) is 0 Å². The Labute approximate surface area is 130 Å². The first-order valence-electron chi connectivity index (χ1n) is 6.45. The van der Waals surface area contributed by atoms with Gasteiger partial charge in [-0.05, 0) is 43.2 Å². The first kappa shape index (κ1) is 15.8. The molecule has 0 spiro atoms. The monoisotopic (exact) mass is 324 g/mol. The zero-order valence-corrected chi connectivity index (χ0v) is 13.4. The topological polar surface area (TPSA) is 72.2 Å². The van der Waals surface area contributed by atoms with E-state index < -0.39 is 16.1 Å². The van der Waals surface area contributed by atoms with Crippen molar-refractivity contribution in [2.24, 2.45) is 0 Å². The number of halogens is 1. The fraction of sp³-hybridized carbons (Fsp3) is 0.200. The predicted octanol–water partition coefficient (Wildman–Crippen LogP) is 3.27. The minimum absolute atomic E-state index is 0.182. The summed E-state index contributed by atoms with van der Waals surface area (Å²) in [5.41, 5.74) is 7.48. The molecule has 6 heteroatoms. The molecule has 3 N–H and O–H groups in total. The third-order valence-electron chi connectivity index (χ3n) is 3.32. The molecule has 0 radical (unpaired) electrons. The minimum atomic E-state index is -3.67. The van der Waals surface area contributed by atoms with Crippen LogP contribution < -0.4 is 10.5 Å². The Balaban J connectivity index is 2.34. The molecule has 0 aromatic heterocycles. The van der Waals surface area contributed by atoms with Crippen LogP contribution in [0.15, 0.2) is 47.4 Å². The number of sulfonamides is 1. The highest BCUT2D eigenvalue weighted by Crippen LogP contribution is 2.26. The van der Waals surface area contributed by atoms with Crippen molar-refractivity contribution < 1.29 is 8.42 Å². The molecule has 2 rings (SSSR count). The molecule has 2 aromatic carbocycles. The van der Waals surface area contributed by atoms with Crippen molar-refractivity contribution >= 4 is 27.3 Å². The van der Waals surface area contributed by atoms with E-state index in [1.165, 1.54) is 6.07 Å². The van der Waals surface area contributed by atoms with E-state index >= 15 is 0 Å². The van der Waals surface area contributed by atoms with Gasteiger partial charge in [-0.1, -0.05) is 35.9 Å². The van der Waals surface area contributed by atoms with Crippen LogP contribution in [0.4, 0.5) is 5.69 Å². The second kappa shape index (κ2) is 6.05. The summed E-state index contributed by atoms with van der Waals surface area (Å²) >= 11 is 6.10. The lowest BCUT2D eigenvalue weighted by Crippen LogP contribution is -2.27. The van der Waals surface area contributed by atoms with Gasteiger partial charge < -0.3 is 5.73 Å². The molecule has 0 fully saturated rings. The zero-order chi connectivity index (χ0) is 15.6. The summed E-state index contributed by atoms with van der Waals surface area (Å²) < 4.78 is 27.6. The zero-order valence-electron chi connectivity index (χ0n) is 11.8. The number of rotatable bonds is 4. The van der Waals surface area contributed by atoms with E-state index in [0.29, 0.717) is 16.3 Å². The van der Waals surface area contributed by atoms with Gasteiger partial charge in [0.2, 0.25) is 10.0 Å². The number of hydrogen-bond donors (Lipinski definition) is 2. The van der Waals surface area contributed by atoms with Gasteiger partial charge >= 0.3 is 0 Å². The Morgan fingerprint density at radius 1 is 1.14 bits per heavy atom. The van der Waals surface area contributed by atoms with E-state index in [9.17, 15) is 8.42 Å². The van der Waals surface area contributed by atoms with Crippen LogP contribution in [-0.4, -0.2) is 8.42 Å². The molecule has 0 saturated carbocycles. The van der Waals surface area contributed by atoms with Crippen LogP contribution in [0.25, 0.3) is 0 Å². The van der Waals surface area contributed by atoms with E-state index in [4.69, 9.17) is 17.3 Å². The highest BCUT2D eigenvalue weighted by Gasteiger charge is 2.21. The first-order valence-corrected chi connectivity index (χ1v) is 8.31. The molecule has 0 aliphatic carbocycles. The molecule has 4 nitrogen and oxygen atoms in total. The molecule has 21 heavy (non-hydrogen) atoms. The molecule has 0 saturated heterocycles. The number of nitrogens with two attached hydrogens (primary N) is 1. The van der Waals surface area contributed by atoms with Crippen molar-refractivity contribution in [1.82, 2.24) is 4.72 Å². The predicted molar refractivity (Wildman–Crippen MR) is 85.8 cm³/mol. The van der Waals surface area contributed by atoms with Crippen LogP contribution in [0.5, 0.6) is 0 Å². The number of benzene rings is 2. The Kier molecular flexibility index (Phi) is 4.56. The molecular weight excluding hydrogens is 308 g/mol. The minimum Gasteiger partial charge on any atom is -0.398 e. The molecule has 2 aromatic rings. The van der Waals surface area contributed by atoms with Gasteiger partial charge in [0.05, 0.1) is 4.90 Å². The van der Waals surface area contributed by atoms with Gasteiger partial charge in [-0.3, -0.25) is 0 Å². The molecule has 0 amide bonds. The Morgan fingerprint density at radius 2 is 1.81 bits per heavy atom. The van der Waals surface area contributed by atoms with E-state index in [-0.39, 0.29) is 4.90 Å². The van der Waals surface area contributed by atoms with Crippen molar-refractivity contribution in [2.75, 3.05) is 5.73 Å². The van der Waals surface area contributed by atoms with Crippen LogP contribution >= 0.6 is 11.6 Å². The van der Waals surface area contributed by atoms with Crippen LogP contribution in [0.3, 0.4) is 0 Å². The van der Waals surface area contributed by atoms with Gasteiger partial charge in [0.15, 0.2) is 0 Å². The SMILES string of the molecule is Cc1c(N)cccc1S(=O)(=O)NC(C)c1ccccc1Cl. The summed E-state index contributed by atoms with van der Waals surface area (Å²) in [6.45, 7) is 3.43. The fourth-order valence-electron chi connectivity index (χ4n) is 2.11. The summed E-state index contributed by atoms with van der Waals surface area (Å²) in [4.78, 5) is 0.182. The normalized spacial score (nSPS) is 13.1. The fourth-order valence-corrected chi connectivity index (χ4v) is 3.91. The van der Waals surface area contributed by atoms with Gasteiger partial charge in [0.25, 0.3) is 0 Å². The number of anilines is 1. The summed E-state index contributed by atoms with van der Waals surface area (Å²) in [5, 5.41) is 0.525. The highest BCUT2D eigenvalue weighted by molar-refractivity contribution is 7.89. The lowest BCUT2D eigenvalue weighted by Gasteiger charge is -2.17. The summed E-state index contributed by atoms with van der Waals surface area (Å²) in [5.74, 6) is 0. The molecular formula is C15H17ClN2O2S. The maximum absolute atomic E-state index is 12.5. The Morgan fingerprint density at radius 3 is 2.48 bits per heavy atom. The number of nitrogens with one attached hydrogen (secondary N) is 1. The number of nitrogen functional groups attached to an aromatic ring is 1. The Hall–Kier alpha value is -1.56. The third kappa shape index (κ3) is 3.37. The lowest BCUT2D eigenvalue weighted by molar-refractivity contribution is 0.566. The second-order valence-corrected chi connectivity index (χ2v) is 6.92. The van der Waals surface area contributed by atoms with Crippen molar-refractivity contribution in [3.05, 3.63) is 58.6 Å². The van der Waals surface area contributed by atoms with Crippen LogP contribution in [0, 0.1) is 6.92 Å². The molecule has 0 aliphatic rings. The maximum atomic E-state index is 12.5. The van der Waals surface area contributed by atoms with Gasteiger partial charge in [0.1, 0.15) is 0 Å². The van der Waals surface area contributed by atoms with Crippen molar-refractivity contribution in [3.63, 3.8) is 0 Å². The van der Waals surface area contributed by atoms with E-state index in [1.807, 2.05) is 6.07 Å². The second-order valence-electron chi connectivity index (χ2n) is 4.83. The van der Waals surface area contributed by atoms with Crippen molar-refractivity contribution in [1.29, 1.82) is 0 Å². The lowest BCUT2D eigenvalue weighted by atomic mass is 10.1. The van der Waals surface area contributed by atoms with Gasteiger partial charge in [0, 0.05) is 16.8 Å². The quantitative estimate of drug-likeness (QED) is 0.848. The molecule has 0 aliphatic heterocycles. The van der Waals surface area contributed by atoms with Gasteiger partial charge in [-0.25, -0.2) is 13.1 Å². The summed E-state index contributed by atoms with van der Waals surface area (Å²) in [7, 11) is -3.67. The molecule has 1 atom stereocenters. The largest absolute Gasteiger partial charge is 0.398 e. The summed E-state index contributed by atoms with van der Waals surface area (Å²) in [6, 6.07) is 11.5. The molecule has 0 heterocycles. The average molecular weight is 325 g/mol. The summed E-state index contributed by atoms with van der Waals surface area (Å²) in [6.07, 6.45) is 0. The van der Waals surface area contributed by atoms with E-state index in [1.54, 1.807) is 44.2 Å². The van der Waals surface area contributed by atoms with Crippen LogP contribution in [0.1, 0.15) is 24.1 Å². The van der Waals surface area contributed by atoms with E-state index in [0.717, 1.165) is 5.56 Å². The smallest absolute Gasteiger partial charge is 0.241 e. The van der Waals surface area contributed by atoms with Gasteiger partial charge in [-0.15, -0.1) is 0 Å². The third-order valence-corrected chi connectivity index (χ3v) is 5.35. The molecule has 112 valence electrons. The van der Waals surface area contributed by atoms with E-state index in [2.05, 4.69) is 4.72 Å². The first-order chi connectivity index (χ1) is 9.83. The van der Waals surface area contributed by atoms with Crippen LogP contribution in [-0.2, 0) is 10.0 Å². The maximum Gasteiger partial charge on any atom is 0.241 e. The van der Waals surface area contributed by atoms with Crippen LogP contribution in [0.2, 0.25) is 5.02 Å². The molecule has 0 bridgehead atoms. The van der Waals surface area contributed by atoms with Crippen molar-refractivity contribution in [3.8, 4) is 0 Å². The Bertz CT molecular complexity index is 760. The van der Waals surface area contributed by atoms with Crippen molar-refractivity contribution in [2.45, 2.75) is 24.8 Å². The standard InChI is InChI=1S/C15H17ClN2O2S/c1-10-14(17)8-5-9-15(10)21(19,20)18-11(2)12-6-3-4-7-13(12)16/h3-9,11,18H,17H2,1-2H3. The average Bonchev–Trinajstić information content (AvgIpc) is 2.41. The number of hydrogen-bond acceptors (Lipinski definition) is 3.